The van der Waals surface area contributed by atoms with E-state index in [2.05, 4.69) is 15.0 Å². The first-order valence-corrected chi connectivity index (χ1v) is 5.23. The standard InChI is InChI=1S/C8H6ClN3S/c1-13-8-11-4-5-2-3-10-7(9)6(5)12-8/h2-4H,1H3. The average molecular weight is 212 g/mol. The minimum atomic E-state index is 0.426. The zero-order valence-electron chi connectivity index (χ0n) is 6.86. The maximum atomic E-state index is 5.88. The molecule has 5 heteroatoms. The van der Waals surface area contributed by atoms with E-state index in [1.54, 1.807) is 12.4 Å². The molecule has 0 atom stereocenters. The number of pyridine rings is 1. The second-order valence-corrected chi connectivity index (χ2v) is 3.53. The van der Waals surface area contributed by atoms with Crippen LogP contribution in [-0.2, 0) is 0 Å². The summed E-state index contributed by atoms with van der Waals surface area (Å²) in [5, 5.41) is 2.05. The highest BCUT2D eigenvalue weighted by Crippen LogP contribution is 2.20. The van der Waals surface area contributed by atoms with E-state index in [9.17, 15) is 0 Å². The van der Waals surface area contributed by atoms with E-state index in [0.717, 1.165) is 5.39 Å². The van der Waals surface area contributed by atoms with Gasteiger partial charge < -0.3 is 0 Å². The Morgan fingerprint density at radius 2 is 2.23 bits per heavy atom. The van der Waals surface area contributed by atoms with E-state index < -0.39 is 0 Å². The summed E-state index contributed by atoms with van der Waals surface area (Å²) >= 11 is 7.36. The molecule has 13 heavy (non-hydrogen) atoms. The van der Waals surface area contributed by atoms with Crippen molar-refractivity contribution in [2.24, 2.45) is 0 Å². The Kier molecular flexibility index (Phi) is 2.33. The van der Waals surface area contributed by atoms with Crippen molar-refractivity contribution in [2.45, 2.75) is 5.16 Å². The molecule has 66 valence electrons. The van der Waals surface area contributed by atoms with Crippen LogP contribution in [0.3, 0.4) is 0 Å². The molecule has 0 aliphatic heterocycles. The minimum absolute atomic E-state index is 0.426. The highest BCUT2D eigenvalue weighted by atomic mass is 35.5. The Bertz CT molecular complexity index is 446. The van der Waals surface area contributed by atoms with Crippen molar-refractivity contribution in [2.75, 3.05) is 6.26 Å². The maximum Gasteiger partial charge on any atom is 0.187 e. The molecule has 0 bridgehead atoms. The molecule has 0 fully saturated rings. The van der Waals surface area contributed by atoms with E-state index in [0.29, 0.717) is 15.8 Å². The Morgan fingerprint density at radius 1 is 1.38 bits per heavy atom. The van der Waals surface area contributed by atoms with Crippen molar-refractivity contribution < 1.29 is 0 Å². The van der Waals surface area contributed by atoms with Gasteiger partial charge in [-0.05, 0) is 12.3 Å². The van der Waals surface area contributed by atoms with Crippen LogP contribution in [-0.4, -0.2) is 21.2 Å². The molecular formula is C8H6ClN3S. The molecule has 3 nitrogen and oxygen atoms in total. The summed E-state index contributed by atoms with van der Waals surface area (Å²) in [6, 6.07) is 1.84. The molecule has 0 amide bonds. The van der Waals surface area contributed by atoms with Crippen molar-refractivity contribution in [3.05, 3.63) is 23.6 Å². The molecular weight excluding hydrogens is 206 g/mol. The third kappa shape index (κ3) is 1.59. The van der Waals surface area contributed by atoms with Gasteiger partial charge in [-0.25, -0.2) is 15.0 Å². The van der Waals surface area contributed by atoms with Gasteiger partial charge in [0.2, 0.25) is 0 Å². The number of thioether (sulfide) groups is 1. The predicted octanol–water partition coefficient (Wildman–Crippen LogP) is 2.40. The van der Waals surface area contributed by atoms with Crippen LogP contribution in [0.25, 0.3) is 10.9 Å². The summed E-state index contributed by atoms with van der Waals surface area (Å²) in [7, 11) is 0. The smallest absolute Gasteiger partial charge is 0.187 e. The predicted molar refractivity (Wildman–Crippen MR) is 54.1 cm³/mol. The fourth-order valence-electron chi connectivity index (χ4n) is 1.00. The largest absolute Gasteiger partial charge is 0.242 e. The summed E-state index contributed by atoms with van der Waals surface area (Å²) in [6.45, 7) is 0. The molecule has 0 spiro atoms. The minimum Gasteiger partial charge on any atom is -0.242 e. The molecule has 0 aliphatic carbocycles. The van der Waals surface area contributed by atoms with Crippen LogP contribution >= 0.6 is 23.4 Å². The summed E-state index contributed by atoms with van der Waals surface area (Å²) in [4.78, 5) is 12.3. The zero-order valence-corrected chi connectivity index (χ0v) is 8.43. The molecule has 0 N–H and O–H groups in total. The summed E-state index contributed by atoms with van der Waals surface area (Å²) in [6.07, 6.45) is 5.32. The van der Waals surface area contributed by atoms with Crippen molar-refractivity contribution >= 4 is 34.3 Å². The fourth-order valence-corrected chi connectivity index (χ4v) is 1.55. The van der Waals surface area contributed by atoms with E-state index in [-0.39, 0.29) is 0 Å². The average Bonchev–Trinajstić information content (AvgIpc) is 2.18. The Labute approximate surface area is 84.6 Å². The van der Waals surface area contributed by atoms with Gasteiger partial charge in [0.1, 0.15) is 5.52 Å². The van der Waals surface area contributed by atoms with Gasteiger partial charge in [0.05, 0.1) is 0 Å². The molecule has 2 aromatic heterocycles. The van der Waals surface area contributed by atoms with Gasteiger partial charge in [0.15, 0.2) is 10.3 Å². The molecule has 0 aliphatic rings. The van der Waals surface area contributed by atoms with E-state index in [1.165, 1.54) is 11.8 Å². The second kappa shape index (κ2) is 3.47. The van der Waals surface area contributed by atoms with Gasteiger partial charge in [0, 0.05) is 17.8 Å². The van der Waals surface area contributed by atoms with Crippen LogP contribution in [0.4, 0.5) is 0 Å². The van der Waals surface area contributed by atoms with E-state index >= 15 is 0 Å². The number of hydrogen-bond acceptors (Lipinski definition) is 4. The molecule has 0 saturated carbocycles. The number of nitrogens with zero attached hydrogens (tertiary/aromatic N) is 3. The molecule has 2 heterocycles. The van der Waals surface area contributed by atoms with E-state index in [1.807, 2.05) is 12.3 Å². The quantitative estimate of drug-likeness (QED) is 0.413. The third-order valence-corrected chi connectivity index (χ3v) is 2.45. The zero-order chi connectivity index (χ0) is 9.26. The number of halogens is 1. The summed E-state index contributed by atoms with van der Waals surface area (Å²) < 4.78 is 0. The topological polar surface area (TPSA) is 38.7 Å². The highest BCUT2D eigenvalue weighted by Gasteiger charge is 2.02. The molecule has 2 aromatic rings. The fraction of sp³-hybridized carbons (Fsp3) is 0.125. The van der Waals surface area contributed by atoms with E-state index in [4.69, 9.17) is 11.6 Å². The molecule has 0 unspecified atom stereocenters. The van der Waals surface area contributed by atoms with Gasteiger partial charge in [-0.3, -0.25) is 0 Å². The van der Waals surface area contributed by atoms with Gasteiger partial charge in [-0.2, -0.15) is 0 Å². The van der Waals surface area contributed by atoms with Gasteiger partial charge >= 0.3 is 0 Å². The van der Waals surface area contributed by atoms with Crippen LogP contribution in [0.5, 0.6) is 0 Å². The van der Waals surface area contributed by atoms with Crippen LogP contribution in [0.15, 0.2) is 23.6 Å². The number of hydrogen-bond donors (Lipinski definition) is 0. The van der Waals surface area contributed by atoms with Crippen LogP contribution in [0.1, 0.15) is 0 Å². The van der Waals surface area contributed by atoms with Crippen molar-refractivity contribution in [1.29, 1.82) is 0 Å². The Balaban J connectivity index is 2.74. The number of rotatable bonds is 1. The monoisotopic (exact) mass is 211 g/mol. The third-order valence-electron chi connectivity index (χ3n) is 1.61. The van der Waals surface area contributed by atoms with Crippen LogP contribution < -0.4 is 0 Å². The first kappa shape index (κ1) is 8.72. The molecule has 2 rings (SSSR count). The molecule has 0 radical (unpaired) electrons. The first-order chi connectivity index (χ1) is 6.31. The molecule has 0 saturated heterocycles. The lowest BCUT2D eigenvalue weighted by atomic mass is 10.3. The molecule has 0 aromatic carbocycles. The lowest BCUT2D eigenvalue weighted by molar-refractivity contribution is 1.00. The SMILES string of the molecule is CSc1ncc2ccnc(Cl)c2n1. The van der Waals surface area contributed by atoms with Crippen molar-refractivity contribution in [3.63, 3.8) is 0 Å². The van der Waals surface area contributed by atoms with Gasteiger partial charge in [-0.15, -0.1) is 0 Å². The number of aromatic nitrogens is 3. The van der Waals surface area contributed by atoms with Gasteiger partial charge in [-0.1, -0.05) is 23.4 Å². The van der Waals surface area contributed by atoms with Crippen LogP contribution in [0.2, 0.25) is 5.15 Å². The Hall–Kier alpha value is -0.870. The lowest BCUT2D eigenvalue weighted by Gasteiger charge is -1.99. The van der Waals surface area contributed by atoms with Gasteiger partial charge in [0.25, 0.3) is 0 Å². The second-order valence-electron chi connectivity index (χ2n) is 2.40. The first-order valence-electron chi connectivity index (χ1n) is 3.62. The Morgan fingerprint density at radius 3 is 3.00 bits per heavy atom. The lowest BCUT2D eigenvalue weighted by Crippen LogP contribution is -1.88. The normalized spacial score (nSPS) is 10.6. The highest BCUT2D eigenvalue weighted by molar-refractivity contribution is 7.98. The van der Waals surface area contributed by atoms with Crippen molar-refractivity contribution in [3.8, 4) is 0 Å². The summed E-state index contributed by atoms with van der Waals surface area (Å²) in [5.74, 6) is 0. The number of fused-ring (bicyclic) bond motifs is 1. The van der Waals surface area contributed by atoms with Crippen molar-refractivity contribution in [1.82, 2.24) is 15.0 Å². The summed E-state index contributed by atoms with van der Waals surface area (Å²) in [5.41, 5.74) is 0.712. The maximum absolute atomic E-state index is 5.88. The van der Waals surface area contributed by atoms with Crippen LogP contribution in [0, 0.1) is 0 Å².